The molecule has 0 saturated carbocycles. The lowest BCUT2D eigenvalue weighted by molar-refractivity contribution is 0.0600. The van der Waals surface area contributed by atoms with Gasteiger partial charge in [-0.25, -0.2) is 14.8 Å². The summed E-state index contributed by atoms with van der Waals surface area (Å²) < 4.78 is 4.81. The van der Waals surface area contributed by atoms with Gasteiger partial charge >= 0.3 is 5.97 Å². The van der Waals surface area contributed by atoms with E-state index in [0.29, 0.717) is 5.56 Å². The summed E-state index contributed by atoms with van der Waals surface area (Å²) in [5.74, 6) is 2.25. The number of likely N-dealkylation sites (N-methyl/N-ethyl adjacent to an activating group) is 1. The molecule has 7 nitrogen and oxygen atoms in total. The molecule has 0 radical (unpaired) electrons. The van der Waals surface area contributed by atoms with Crippen molar-refractivity contribution in [2.45, 2.75) is 19.9 Å². The Morgan fingerprint density at radius 1 is 1.26 bits per heavy atom. The van der Waals surface area contributed by atoms with Gasteiger partial charge in [-0.2, -0.15) is 0 Å². The summed E-state index contributed by atoms with van der Waals surface area (Å²) in [6.07, 6.45) is 0.868. The second kappa shape index (κ2) is 8.35. The van der Waals surface area contributed by atoms with Crippen molar-refractivity contribution in [3.05, 3.63) is 46.8 Å². The predicted octanol–water partition coefficient (Wildman–Crippen LogP) is 2.11. The third-order valence-corrected chi connectivity index (χ3v) is 4.65. The number of benzene rings is 1. The number of hydrogen-bond donors (Lipinski definition) is 1. The van der Waals surface area contributed by atoms with Crippen LogP contribution in [-0.4, -0.2) is 61.7 Å². The van der Waals surface area contributed by atoms with Crippen LogP contribution in [0.5, 0.6) is 0 Å². The molecule has 1 N–H and O–H groups in total. The van der Waals surface area contributed by atoms with Crippen molar-refractivity contribution in [1.29, 1.82) is 0 Å². The maximum Gasteiger partial charge on any atom is 0.337 e. The normalized spacial score (nSPS) is 13.4. The van der Waals surface area contributed by atoms with E-state index in [2.05, 4.69) is 39.2 Å². The molecular formula is C20H27N5O2. The number of anilines is 2. The molecule has 1 aliphatic rings. The third kappa shape index (κ3) is 4.74. The monoisotopic (exact) mass is 369 g/mol. The number of ether oxygens (including phenoxy) is 1. The molecule has 3 rings (SSSR count). The van der Waals surface area contributed by atoms with Gasteiger partial charge in [0.15, 0.2) is 0 Å². The number of carbonyl (C=O) groups excluding carboxylic acids is 1. The van der Waals surface area contributed by atoms with Crippen LogP contribution in [0.2, 0.25) is 0 Å². The average molecular weight is 369 g/mol. The van der Waals surface area contributed by atoms with E-state index >= 15 is 0 Å². The Kier molecular flexibility index (Phi) is 5.91. The predicted molar refractivity (Wildman–Crippen MR) is 106 cm³/mol. The maximum absolute atomic E-state index is 11.7. The number of esters is 1. The quantitative estimate of drug-likeness (QED) is 0.782. The van der Waals surface area contributed by atoms with Crippen LogP contribution in [0.15, 0.2) is 24.3 Å². The van der Waals surface area contributed by atoms with E-state index < -0.39 is 0 Å². The minimum absolute atomic E-state index is 0.292. The minimum atomic E-state index is -0.292. The van der Waals surface area contributed by atoms with Gasteiger partial charge in [0.1, 0.15) is 17.5 Å². The maximum atomic E-state index is 11.7. The molecule has 144 valence electrons. The van der Waals surface area contributed by atoms with E-state index in [1.54, 1.807) is 0 Å². The average Bonchev–Trinajstić information content (AvgIpc) is 2.65. The first-order chi connectivity index (χ1) is 13.0. The lowest BCUT2D eigenvalue weighted by Crippen LogP contribution is -2.31. The van der Waals surface area contributed by atoms with Crippen molar-refractivity contribution in [2.24, 2.45) is 0 Å². The second-order valence-corrected chi connectivity index (χ2v) is 7.04. The molecule has 1 aliphatic heterocycles. The summed E-state index contributed by atoms with van der Waals surface area (Å²) in [4.78, 5) is 25.2. The first-order valence-corrected chi connectivity index (χ1v) is 9.15. The highest BCUT2D eigenvalue weighted by molar-refractivity contribution is 5.89. The molecule has 0 saturated heterocycles. The van der Waals surface area contributed by atoms with Crippen molar-refractivity contribution in [3.63, 3.8) is 0 Å². The summed E-state index contributed by atoms with van der Waals surface area (Å²) in [7, 11) is 5.51. The van der Waals surface area contributed by atoms with Gasteiger partial charge in [0, 0.05) is 32.2 Å². The van der Waals surface area contributed by atoms with Gasteiger partial charge in [-0.05, 0) is 50.7 Å². The first kappa shape index (κ1) is 19.1. The molecule has 27 heavy (non-hydrogen) atoms. The zero-order valence-electron chi connectivity index (χ0n) is 16.5. The van der Waals surface area contributed by atoms with Gasteiger partial charge in [0.05, 0.1) is 12.7 Å². The lowest BCUT2D eigenvalue weighted by atomic mass is 9.97. The largest absolute Gasteiger partial charge is 0.465 e. The number of aryl methyl sites for hydroxylation is 1. The summed E-state index contributed by atoms with van der Waals surface area (Å²) in [6, 6.07) is 7.79. The van der Waals surface area contributed by atoms with Gasteiger partial charge < -0.3 is 19.9 Å². The number of aromatic nitrogens is 2. The van der Waals surface area contributed by atoms with Gasteiger partial charge in [0.2, 0.25) is 0 Å². The molecule has 0 amide bonds. The number of nitrogens with zero attached hydrogens (tertiary/aromatic N) is 4. The molecule has 2 aromatic rings. The van der Waals surface area contributed by atoms with Crippen molar-refractivity contribution in [2.75, 3.05) is 51.1 Å². The molecule has 0 atom stereocenters. The minimum Gasteiger partial charge on any atom is -0.465 e. The Morgan fingerprint density at radius 2 is 2.07 bits per heavy atom. The Hall–Kier alpha value is -2.67. The van der Waals surface area contributed by atoms with E-state index in [4.69, 9.17) is 4.74 Å². The van der Waals surface area contributed by atoms with E-state index in [9.17, 15) is 4.79 Å². The van der Waals surface area contributed by atoms with Crippen molar-refractivity contribution in [1.82, 2.24) is 14.9 Å². The zero-order chi connectivity index (χ0) is 19.4. The van der Waals surface area contributed by atoms with E-state index in [1.807, 2.05) is 31.2 Å². The van der Waals surface area contributed by atoms with E-state index in [1.165, 1.54) is 18.2 Å². The van der Waals surface area contributed by atoms with Gasteiger partial charge in [-0.15, -0.1) is 0 Å². The Labute approximate surface area is 160 Å². The SMILES string of the molecule is COC(=O)c1ccc2c(c1)CCN(c1cc(NCCN(C)C)nc(C)n1)C2. The van der Waals surface area contributed by atoms with Gasteiger partial charge in [-0.1, -0.05) is 6.07 Å². The summed E-state index contributed by atoms with van der Waals surface area (Å²) in [5.41, 5.74) is 3.02. The van der Waals surface area contributed by atoms with Gasteiger partial charge in [-0.3, -0.25) is 0 Å². The number of rotatable bonds is 6. The summed E-state index contributed by atoms with van der Waals surface area (Å²) >= 11 is 0. The van der Waals surface area contributed by atoms with Crippen LogP contribution in [-0.2, 0) is 17.7 Å². The number of fused-ring (bicyclic) bond motifs is 1. The number of nitrogens with one attached hydrogen (secondary N) is 1. The van der Waals surface area contributed by atoms with E-state index in [0.717, 1.165) is 50.1 Å². The fourth-order valence-corrected chi connectivity index (χ4v) is 3.21. The van der Waals surface area contributed by atoms with Crippen LogP contribution in [0, 0.1) is 6.92 Å². The highest BCUT2D eigenvalue weighted by Gasteiger charge is 2.20. The molecular weight excluding hydrogens is 342 g/mol. The first-order valence-electron chi connectivity index (χ1n) is 9.15. The number of hydrogen-bond acceptors (Lipinski definition) is 7. The highest BCUT2D eigenvalue weighted by Crippen LogP contribution is 2.25. The van der Waals surface area contributed by atoms with Crippen LogP contribution in [0.4, 0.5) is 11.6 Å². The van der Waals surface area contributed by atoms with Gasteiger partial charge in [0.25, 0.3) is 0 Å². The van der Waals surface area contributed by atoms with Crippen LogP contribution < -0.4 is 10.2 Å². The molecule has 1 aromatic heterocycles. The van der Waals surface area contributed by atoms with Crippen molar-refractivity contribution < 1.29 is 9.53 Å². The number of methoxy groups -OCH3 is 1. The second-order valence-electron chi connectivity index (χ2n) is 7.04. The fraction of sp³-hybridized carbons (Fsp3) is 0.450. The summed E-state index contributed by atoms with van der Waals surface area (Å²) in [6.45, 7) is 5.32. The topological polar surface area (TPSA) is 70.6 Å². The zero-order valence-corrected chi connectivity index (χ0v) is 16.5. The molecule has 7 heteroatoms. The fourth-order valence-electron chi connectivity index (χ4n) is 3.21. The van der Waals surface area contributed by atoms with Crippen molar-refractivity contribution >= 4 is 17.6 Å². The smallest absolute Gasteiger partial charge is 0.337 e. The molecule has 2 heterocycles. The lowest BCUT2D eigenvalue weighted by Gasteiger charge is -2.30. The molecule has 0 aliphatic carbocycles. The molecule has 0 unspecified atom stereocenters. The Balaban J connectivity index is 1.74. The Bertz CT molecular complexity index is 822. The summed E-state index contributed by atoms with van der Waals surface area (Å²) in [5, 5.41) is 3.37. The highest BCUT2D eigenvalue weighted by atomic mass is 16.5. The van der Waals surface area contributed by atoms with E-state index in [-0.39, 0.29) is 5.97 Å². The third-order valence-electron chi connectivity index (χ3n) is 4.65. The van der Waals surface area contributed by atoms with Crippen LogP contribution >= 0.6 is 0 Å². The molecule has 1 aromatic carbocycles. The Morgan fingerprint density at radius 3 is 2.81 bits per heavy atom. The number of carbonyl (C=O) groups is 1. The standard InChI is InChI=1S/C20H27N5O2/c1-14-22-18(21-8-10-24(2)3)12-19(23-14)25-9-7-15-11-16(20(26)27-4)5-6-17(15)13-25/h5-6,11-12H,7-10,13H2,1-4H3,(H,21,22,23). The molecule has 0 bridgehead atoms. The molecule has 0 fully saturated rings. The van der Waals surface area contributed by atoms with Crippen LogP contribution in [0.1, 0.15) is 27.3 Å². The van der Waals surface area contributed by atoms with Crippen LogP contribution in [0.25, 0.3) is 0 Å². The van der Waals surface area contributed by atoms with Crippen molar-refractivity contribution in [3.8, 4) is 0 Å². The molecule has 0 spiro atoms. The van der Waals surface area contributed by atoms with Crippen LogP contribution in [0.3, 0.4) is 0 Å².